The minimum absolute atomic E-state index is 0.191. The van der Waals surface area contributed by atoms with E-state index in [1.54, 1.807) is 18.0 Å². The van der Waals surface area contributed by atoms with Gasteiger partial charge in [-0.05, 0) is 54.1 Å². The summed E-state index contributed by atoms with van der Waals surface area (Å²) >= 11 is 7.28. The van der Waals surface area contributed by atoms with Crippen LogP contribution in [0.1, 0.15) is 17.5 Å². The van der Waals surface area contributed by atoms with Crippen LogP contribution in [-0.2, 0) is 12.8 Å². The number of benzene rings is 1. The average Bonchev–Trinajstić information content (AvgIpc) is 2.76. The third-order valence-corrected chi connectivity index (χ3v) is 3.86. The van der Waals surface area contributed by atoms with Crippen molar-refractivity contribution in [1.29, 1.82) is 0 Å². The molecule has 1 aromatic heterocycles. The molecule has 1 aromatic carbocycles. The van der Waals surface area contributed by atoms with Gasteiger partial charge in [-0.25, -0.2) is 4.98 Å². The molecule has 3 rings (SSSR count). The molecule has 17 heavy (non-hydrogen) atoms. The smallest absolute Gasteiger partial charge is 0.208 e. The second-order valence-corrected chi connectivity index (χ2v) is 5.38. The second-order valence-electron chi connectivity index (χ2n) is 3.95. The summed E-state index contributed by atoms with van der Waals surface area (Å²) in [5, 5.41) is 8.39. The molecule has 0 spiro atoms. The van der Waals surface area contributed by atoms with Gasteiger partial charge in [0.05, 0.1) is 6.20 Å². The third kappa shape index (κ3) is 2.42. The van der Waals surface area contributed by atoms with Crippen molar-refractivity contribution in [1.82, 2.24) is 15.2 Å². The zero-order chi connectivity index (χ0) is 11.7. The maximum absolute atomic E-state index is 5.71. The van der Waals surface area contributed by atoms with Crippen molar-refractivity contribution in [3.05, 3.63) is 40.8 Å². The Hall–Kier alpha value is -1.13. The highest BCUT2D eigenvalue weighted by atomic mass is 35.5. The molecule has 86 valence electrons. The summed E-state index contributed by atoms with van der Waals surface area (Å²) < 4.78 is 0. The Morgan fingerprint density at radius 3 is 2.94 bits per heavy atom. The molecule has 0 unspecified atom stereocenters. The summed E-state index contributed by atoms with van der Waals surface area (Å²) in [4.78, 5) is 5.30. The molecule has 0 atom stereocenters. The minimum Gasteiger partial charge on any atom is -0.208 e. The SMILES string of the molecule is Clc1nncc(Sc2ccc3c(c2)CCC3)n1. The van der Waals surface area contributed by atoms with Crippen molar-refractivity contribution in [2.75, 3.05) is 0 Å². The van der Waals surface area contributed by atoms with E-state index in [1.807, 2.05) is 0 Å². The van der Waals surface area contributed by atoms with Crippen LogP contribution < -0.4 is 0 Å². The molecular weight excluding hydrogens is 254 g/mol. The monoisotopic (exact) mass is 263 g/mol. The Morgan fingerprint density at radius 1 is 1.18 bits per heavy atom. The van der Waals surface area contributed by atoms with Gasteiger partial charge in [0.1, 0.15) is 5.03 Å². The molecular formula is C12H10ClN3S. The Balaban J connectivity index is 1.86. The molecule has 0 aliphatic heterocycles. The topological polar surface area (TPSA) is 38.7 Å². The molecule has 0 radical (unpaired) electrons. The average molecular weight is 264 g/mol. The summed E-state index contributed by atoms with van der Waals surface area (Å²) in [5.74, 6) is 0. The first kappa shape index (κ1) is 11.0. The fraction of sp³-hybridized carbons (Fsp3) is 0.250. The van der Waals surface area contributed by atoms with Gasteiger partial charge >= 0.3 is 0 Å². The first-order chi connectivity index (χ1) is 8.31. The van der Waals surface area contributed by atoms with Crippen LogP contribution in [-0.4, -0.2) is 15.2 Å². The van der Waals surface area contributed by atoms with Gasteiger partial charge in [0.2, 0.25) is 5.28 Å². The van der Waals surface area contributed by atoms with Crippen LogP contribution >= 0.6 is 23.4 Å². The molecule has 2 aromatic rings. The summed E-state index contributed by atoms with van der Waals surface area (Å²) in [6, 6.07) is 6.58. The van der Waals surface area contributed by atoms with Crippen LogP contribution in [0.15, 0.2) is 34.3 Å². The highest BCUT2D eigenvalue weighted by Crippen LogP contribution is 2.30. The van der Waals surface area contributed by atoms with E-state index in [1.165, 1.54) is 35.3 Å². The van der Waals surface area contributed by atoms with Crippen LogP contribution in [0, 0.1) is 0 Å². The van der Waals surface area contributed by atoms with Crippen LogP contribution in [0.3, 0.4) is 0 Å². The Labute approximate surface area is 109 Å². The maximum Gasteiger partial charge on any atom is 0.244 e. The van der Waals surface area contributed by atoms with Crippen molar-refractivity contribution in [2.24, 2.45) is 0 Å². The Bertz CT molecular complexity index is 559. The van der Waals surface area contributed by atoms with Crippen molar-refractivity contribution in [3.63, 3.8) is 0 Å². The van der Waals surface area contributed by atoms with E-state index in [0.717, 1.165) is 5.03 Å². The van der Waals surface area contributed by atoms with Crippen molar-refractivity contribution in [3.8, 4) is 0 Å². The van der Waals surface area contributed by atoms with Gasteiger partial charge in [-0.1, -0.05) is 17.8 Å². The lowest BCUT2D eigenvalue weighted by atomic mass is 10.1. The van der Waals surface area contributed by atoms with Crippen molar-refractivity contribution < 1.29 is 0 Å². The summed E-state index contributed by atoms with van der Waals surface area (Å²) in [6.07, 6.45) is 5.29. The zero-order valence-electron chi connectivity index (χ0n) is 9.06. The minimum atomic E-state index is 0.191. The fourth-order valence-electron chi connectivity index (χ4n) is 2.05. The molecule has 1 aliphatic carbocycles. The summed E-state index contributed by atoms with van der Waals surface area (Å²) in [7, 11) is 0. The maximum atomic E-state index is 5.71. The van der Waals surface area contributed by atoms with E-state index in [4.69, 9.17) is 11.6 Å². The molecule has 0 saturated heterocycles. The number of rotatable bonds is 2. The molecule has 1 heterocycles. The third-order valence-electron chi connectivity index (χ3n) is 2.80. The number of nitrogens with zero attached hydrogens (tertiary/aromatic N) is 3. The Morgan fingerprint density at radius 2 is 2.06 bits per heavy atom. The molecule has 0 amide bonds. The highest BCUT2D eigenvalue weighted by molar-refractivity contribution is 7.99. The number of fused-ring (bicyclic) bond motifs is 1. The largest absolute Gasteiger partial charge is 0.244 e. The van der Waals surface area contributed by atoms with Crippen LogP contribution in [0.2, 0.25) is 5.28 Å². The molecule has 5 heteroatoms. The van der Waals surface area contributed by atoms with Gasteiger partial charge in [-0.15, -0.1) is 5.10 Å². The number of hydrogen-bond acceptors (Lipinski definition) is 4. The summed E-state index contributed by atoms with van der Waals surface area (Å²) in [5.41, 5.74) is 2.94. The van der Waals surface area contributed by atoms with E-state index in [-0.39, 0.29) is 5.28 Å². The number of aryl methyl sites for hydroxylation is 2. The highest BCUT2D eigenvalue weighted by Gasteiger charge is 2.11. The van der Waals surface area contributed by atoms with Gasteiger partial charge in [0.25, 0.3) is 0 Å². The second kappa shape index (κ2) is 4.63. The number of hydrogen-bond donors (Lipinski definition) is 0. The van der Waals surface area contributed by atoms with Crippen molar-refractivity contribution >= 4 is 23.4 Å². The summed E-state index contributed by atoms with van der Waals surface area (Å²) in [6.45, 7) is 0. The van der Waals surface area contributed by atoms with Crippen molar-refractivity contribution in [2.45, 2.75) is 29.2 Å². The predicted molar refractivity (Wildman–Crippen MR) is 67.4 cm³/mol. The van der Waals surface area contributed by atoms with Gasteiger partial charge < -0.3 is 0 Å². The lowest BCUT2D eigenvalue weighted by molar-refractivity contribution is 0.903. The number of aromatic nitrogens is 3. The van der Waals surface area contributed by atoms with Crippen LogP contribution in [0.25, 0.3) is 0 Å². The zero-order valence-corrected chi connectivity index (χ0v) is 10.6. The first-order valence-electron chi connectivity index (χ1n) is 5.46. The van der Waals surface area contributed by atoms with E-state index < -0.39 is 0 Å². The van der Waals surface area contributed by atoms with Gasteiger partial charge in [0.15, 0.2) is 0 Å². The normalized spacial score (nSPS) is 13.7. The molecule has 1 aliphatic rings. The first-order valence-corrected chi connectivity index (χ1v) is 6.65. The van der Waals surface area contributed by atoms with E-state index in [9.17, 15) is 0 Å². The van der Waals surface area contributed by atoms with Gasteiger partial charge in [-0.3, -0.25) is 0 Å². The van der Waals surface area contributed by atoms with Gasteiger partial charge in [-0.2, -0.15) is 5.10 Å². The van der Waals surface area contributed by atoms with Crippen LogP contribution in [0.4, 0.5) is 0 Å². The fourth-order valence-corrected chi connectivity index (χ4v) is 3.05. The molecule has 0 fully saturated rings. The lowest BCUT2D eigenvalue weighted by Gasteiger charge is -2.03. The molecule has 3 nitrogen and oxygen atoms in total. The molecule has 0 bridgehead atoms. The quantitative estimate of drug-likeness (QED) is 0.834. The molecule has 0 saturated carbocycles. The molecule has 0 N–H and O–H groups in total. The van der Waals surface area contributed by atoms with E-state index >= 15 is 0 Å². The lowest BCUT2D eigenvalue weighted by Crippen LogP contribution is -1.89. The van der Waals surface area contributed by atoms with E-state index in [0.29, 0.717) is 0 Å². The van der Waals surface area contributed by atoms with Crippen LogP contribution in [0.5, 0.6) is 0 Å². The van der Waals surface area contributed by atoms with Gasteiger partial charge in [0, 0.05) is 4.90 Å². The van der Waals surface area contributed by atoms with E-state index in [2.05, 4.69) is 33.4 Å². The standard InChI is InChI=1S/C12H10ClN3S/c13-12-15-11(7-14-16-12)17-10-5-4-8-2-1-3-9(8)6-10/h4-7H,1-3H2. The predicted octanol–water partition coefficient (Wildman–Crippen LogP) is 3.16. The number of halogens is 1. The Kier molecular flexibility index (Phi) is 2.99.